The zero-order valence-electron chi connectivity index (χ0n) is 9.56. The standard InChI is InChI=1S/C11H13N3O3/c1-14(2)9(10(12)15)6-3-4-8-7(5-6)13-11(16)17-8/h3-5,9H,1-2H3,(H2,12,15)(H,13,16). The minimum atomic E-state index is -0.530. The van der Waals surface area contributed by atoms with Crippen LogP contribution in [0.5, 0.6) is 0 Å². The molecule has 1 heterocycles. The van der Waals surface area contributed by atoms with Crippen LogP contribution < -0.4 is 11.5 Å². The quantitative estimate of drug-likeness (QED) is 0.795. The molecule has 0 saturated heterocycles. The summed E-state index contributed by atoms with van der Waals surface area (Å²) in [6, 6.07) is 4.52. The topological polar surface area (TPSA) is 92.3 Å². The van der Waals surface area contributed by atoms with Gasteiger partial charge in [0.05, 0.1) is 5.52 Å². The summed E-state index contributed by atoms with van der Waals surface area (Å²) in [4.78, 5) is 26.6. The Hall–Kier alpha value is -2.08. The predicted molar refractivity (Wildman–Crippen MR) is 62.5 cm³/mol. The van der Waals surface area contributed by atoms with Crippen molar-refractivity contribution >= 4 is 17.0 Å². The number of aromatic amines is 1. The second-order valence-electron chi connectivity index (χ2n) is 4.04. The Morgan fingerprint density at radius 3 is 2.76 bits per heavy atom. The molecule has 17 heavy (non-hydrogen) atoms. The van der Waals surface area contributed by atoms with Crippen molar-refractivity contribution < 1.29 is 9.21 Å². The van der Waals surface area contributed by atoms with E-state index < -0.39 is 17.7 Å². The van der Waals surface area contributed by atoms with Crippen LogP contribution in [0.1, 0.15) is 11.6 Å². The van der Waals surface area contributed by atoms with Crippen LogP contribution in [-0.4, -0.2) is 29.9 Å². The Labute approximate surface area is 97.0 Å². The number of likely N-dealkylation sites (N-methyl/N-ethyl adjacent to an activating group) is 1. The van der Waals surface area contributed by atoms with E-state index in [2.05, 4.69) is 4.98 Å². The van der Waals surface area contributed by atoms with Gasteiger partial charge < -0.3 is 10.2 Å². The third kappa shape index (κ3) is 2.07. The van der Waals surface area contributed by atoms with Crippen LogP contribution in [0.25, 0.3) is 11.1 Å². The molecule has 0 spiro atoms. The number of fused-ring (bicyclic) bond motifs is 1. The number of nitrogens with zero attached hydrogens (tertiary/aromatic N) is 1. The zero-order valence-corrected chi connectivity index (χ0v) is 9.56. The van der Waals surface area contributed by atoms with Gasteiger partial charge in [-0.2, -0.15) is 0 Å². The highest BCUT2D eigenvalue weighted by Gasteiger charge is 2.20. The molecule has 0 aliphatic heterocycles. The molecule has 0 fully saturated rings. The number of hydrogen-bond acceptors (Lipinski definition) is 4. The SMILES string of the molecule is CN(C)C(C(N)=O)c1ccc2oc(=O)[nH]c2c1. The van der Waals surface area contributed by atoms with Gasteiger partial charge in [0.2, 0.25) is 5.91 Å². The van der Waals surface area contributed by atoms with Crippen LogP contribution in [0.15, 0.2) is 27.4 Å². The molecule has 0 aliphatic carbocycles. The molecule has 0 bridgehead atoms. The summed E-state index contributed by atoms with van der Waals surface area (Å²) < 4.78 is 4.88. The fourth-order valence-corrected chi connectivity index (χ4v) is 1.86. The monoisotopic (exact) mass is 235 g/mol. The van der Waals surface area contributed by atoms with Gasteiger partial charge in [0.25, 0.3) is 0 Å². The summed E-state index contributed by atoms with van der Waals surface area (Å²) in [6.45, 7) is 0. The number of carbonyl (C=O) groups is 1. The van der Waals surface area contributed by atoms with Crippen LogP contribution in [0.2, 0.25) is 0 Å². The Kier molecular flexibility index (Phi) is 2.72. The third-order valence-corrected chi connectivity index (χ3v) is 2.54. The summed E-state index contributed by atoms with van der Waals surface area (Å²) in [6.07, 6.45) is 0. The Balaban J connectivity index is 2.54. The number of nitrogens with two attached hydrogens (primary N) is 1. The highest BCUT2D eigenvalue weighted by atomic mass is 16.4. The fourth-order valence-electron chi connectivity index (χ4n) is 1.86. The van der Waals surface area contributed by atoms with Gasteiger partial charge in [-0.25, -0.2) is 4.79 Å². The Bertz CT molecular complexity index is 612. The van der Waals surface area contributed by atoms with Crippen molar-refractivity contribution in [3.05, 3.63) is 34.3 Å². The Morgan fingerprint density at radius 1 is 1.47 bits per heavy atom. The minimum Gasteiger partial charge on any atom is -0.408 e. The number of benzene rings is 1. The normalized spacial score (nSPS) is 13.1. The first-order valence-electron chi connectivity index (χ1n) is 5.07. The van der Waals surface area contributed by atoms with Crippen LogP contribution in [-0.2, 0) is 4.79 Å². The molecule has 0 aliphatic rings. The molecule has 6 nitrogen and oxygen atoms in total. The second kappa shape index (κ2) is 4.06. The van der Waals surface area contributed by atoms with Crippen LogP contribution in [0, 0.1) is 0 Å². The molecule has 1 aromatic carbocycles. The second-order valence-corrected chi connectivity index (χ2v) is 4.04. The first-order chi connectivity index (χ1) is 7.99. The number of amides is 1. The number of rotatable bonds is 3. The van der Waals surface area contributed by atoms with E-state index in [9.17, 15) is 9.59 Å². The van der Waals surface area contributed by atoms with Crippen molar-refractivity contribution in [3.63, 3.8) is 0 Å². The van der Waals surface area contributed by atoms with Crippen molar-refractivity contribution in [3.8, 4) is 0 Å². The van der Waals surface area contributed by atoms with Gasteiger partial charge in [-0.3, -0.25) is 14.7 Å². The van der Waals surface area contributed by atoms with Gasteiger partial charge in [0, 0.05) is 0 Å². The van der Waals surface area contributed by atoms with Gasteiger partial charge >= 0.3 is 5.76 Å². The summed E-state index contributed by atoms with van der Waals surface area (Å²) in [5.41, 5.74) is 7.07. The lowest BCUT2D eigenvalue weighted by Gasteiger charge is -2.21. The number of H-pyrrole nitrogens is 1. The summed E-state index contributed by atoms with van der Waals surface area (Å²) in [5, 5.41) is 0. The van der Waals surface area contributed by atoms with Crippen molar-refractivity contribution in [2.45, 2.75) is 6.04 Å². The van der Waals surface area contributed by atoms with Crippen molar-refractivity contribution in [2.75, 3.05) is 14.1 Å². The van der Waals surface area contributed by atoms with E-state index in [1.54, 1.807) is 37.2 Å². The minimum absolute atomic E-state index is 0.444. The third-order valence-electron chi connectivity index (χ3n) is 2.54. The van der Waals surface area contributed by atoms with E-state index in [0.717, 1.165) is 0 Å². The summed E-state index contributed by atoms with van der Waals surface area (Å²) >= 11 is 0. The maximum atomic E-state index is 11.4. The van der Waals surface area contributed by atoms with E-state index in [1.807, 2.05) is 0 Å². The molecule has 2 aromatic rings. The average molecular weight is 235 g/mol. The van der Waals surface area contributed by atoms with Crippen molar-refractivity contribution in [1.29, 1.82) is 0 Å². The van der Waals surface area contributed by atoms with Gasteiger partial charge in [0.15, 0.2) is 5.58 Å². The average Bonchev–Trinajstić information content (AvgIpc) is 2.56. The van der Waals surface area contributed by atoms with Crippen LogP contribution in [0.4, 0.5) is 0 Å². The molecular formula is C11H13N3O3. The summed E-state index contributed by atoms with van der Waals surface area (Å²) in [7, 11) is 3.52. The molecule has 3 N–H and O–H groups in total. The lowest BCUT2D eigenvalue weighted by Crippen LogP contribution is -2.32. The van der Waals surface area contributed by atoms with E-state index in [-0.39, 0.29) is 0 Å². The largest absolute Gasteiger partial charge is 0.417 e. The molecule has 1 unspecified atom stereocenters. The number of nitrogens with one attached hydrogen (secondary N) is 1. The maximum Gasteiger partial charge on any atom is 0.417 e. The first kappa shape index (κ1) is 11.4. The highest BCUT2D eigenvalue weighted by Crippen LogP contribution is 2.21. The summed E-state index contributed by atoms with van der Waals surface area (Å²) in [5.74, 6) is -0.960. The number of aromatic nitrogens is 1. The molecule has 6 heteroatoms. The molecule has 0 saturated carbocycles. The fraction of sp³-hybridized carbons (Fsp3) is 0.273. The number of carbonyl (C=O) groups excluding carboxylic acids is 1. The number of oxazole rings is 1. The van der Waals surface area contributed by atoms with E-state index >= 15 is 0 Å². The molecular weight excluding hydrogens is 222 g/mol. The number of hydrogen-bond donors (Lipinski definition) is 2. The smallest absolute Gasteiger partial charge is 0.408 e. The zero-order chi connectivity index (χ0) is 12.6. The lowest BCUT2D eigenvalue weighted by atomic mass is 10.1. The molecule has 90 valence electrons. The number of primary amides is 1. The predicted octanol–water partition coefficient (Wildman–Crippen LogP) is 0.209. The molecule has 1 amide bonds. The van der Waals surface area contributed by atoms with E-state index in [0.29, 0.717) is 16.7 Å². The van der Waals surface area contributed by atoms with Gasteiger partial charge in [-0.05, 0) is 31.8 Å². The van der Waals surface area contributed by atoms with Gasteiger partial charge in [0.1, 0.15) is 6.04 Å². The van der Waals surface area contributed by atoms with E-state index in [4.69, 9.17) is 10.2 Å². The van der Waals surface area contributed by atoms with Crippen LogP contribution in [0.3, 0.4) is 0 Å². The van der Waals surface area contributed by atoms with Crippen molar-refractivity contribution in [2.24, 2.45) is 5.73 Å². The van der Waals surface area contributed by atoms with Crippen molar-refractivity contribution in [1.82, 2.24) is 9.88 Å². The molecule has 1 aromatic heterocycles. The Morgan fingerprint density at radius 2 is 2.18 bits per heavy atom. The molecule has 1 atom stereocenters. The maximum absolute atomic E-state index is 11.4. The van der Waals surface area contributed by atoms with Crippen LogP contribution >= 0.6 is 0 Å². The van der Waals surface area contributed by atoms with E-state index in [1.165, 1.54) is 0 Å². The molecule has 0 radical (unpaired) electrons. The lowest BCUT2D eigenvalue weighted by molar-refractivity contribution is -0.122. The first-order valence-corrected chi connectivity index (χ1v) is 5.07. The highest BCUT2D eigenvalue weighted by molar-refractivity contribution is 5.83. The van der Waals surface area contributed by atoms with Gasteiger partial charge in [-0.1, -0.05) is 6.07 Å². The van der Waals surface area contributed by atoms with Gasteiger partial charge in [-0.15, -0.1) is 0 Å². The molecule has 2 rings (SSSR count).